The van der Waals surface area contributed by atoms with E-state index in [0.29, 0.717) is 41.0 Å². The maximum Gasteiger partial charge on any atom is 0.418 e. The normalized spacial score (nSPS) is 15.5. The molecule has 0 radical (unpaired) electrons. The summed E-state index contributed by atoms with van der Waals surface area (Å²) < 4.78 is 63.7. The number of anilines is 2. The van der Waals surface area contributed by atoms with Gasteiger partial charge in [0.1, 0.15) is 5.82 Å². The molecule has 0 saturated carbocycles. The number of primary sulfonamides is 1. The number of nitrogens with zero attached hydrogens (tertiary/aromatic N) is 4. The average molecular weight is 472 g/mol. The summed E-state index contributed by atoms with van der Waals surface area (Å²) in [5, 5.41) is 5.55. The highest BCUT2D eigenvalue weighted by Crippen LogP contribution is 2.38. The summed E-state index contributed by atoms with van der Waals surface area (Å²) in [5.74, 6) is 0.620. The fraction of sp³-hybridized carbons (Fsp3) is 0.263. The molecule has 12 heteroatoms. The predicted molar refractivity (Wildman–Crippen MR) is 112 cm³/mol. The number of fused-ring (bicyclic) bond motifs is 1. The lowest BCUT2D eigenvalue weighted by Crippen LogP contribution is -2.47. The van der Waals surface area contributed by atoms with Crippen LogP contribution in [0.2, 0.25) is 5.02 Å². The molecule has 0 spiro atoms. The second kappa shape index (κ2) is 7.81. The third-order valence-corrected chi connectivity index (χ3v) is 6.18. The number of piperazine rings is 1. The summed E-state index contributed by atoms with van der Waals surface area (Å²) in [6.45, 7) is 1.42. The van der Waals surface area contributed by atoms with Crippen LogP contribution in [0.1, 0.15) is 5.56 Å². The van der Waals surface area contributed by atoms with Gasteiger partial charge in [0, 0.05) is 36.9 Å². The SMILES string of the molecule is NS(=O)(=O)c1ccc(N2CCN(c3cnc4cc(Cl)ccc4n3)CC2)c(C(F)(F)F)c1. The number of sulfonamides is 1. The van der Waals surface area contributed by atoms with Gasteiger partial charge >= 0.3 is 6.18 Å². The lowest BCUT2D eigenvalue weighted by Gasteiger charge is -2.37. The van der Waals surface area contributed by atoms with Crippen molar-refractivity contribution in [3.63, 3.8) is 0 Å². The Kier molecular flexibility index (Phi) is 5.44. The molecule has 4 rings (SSSR count). The Balaban J connectivity index is 1.57. The fourth-order valence-corrected chi connectivity index (χ4v) is 4.20. The Morgan fingerprint density at radius 1 is 0.968 bits per heavy atom. The zero-order valence-electron chi connectivity index (χ0n) is 16.0. The Labute approximate surface area is 181 Å². The first-order chi connectivity index (χ1) is 14.5. The van der Waals surface area contributed by atoms with E-state index >= 15 is 0 Å². The predicted octanol–water partition coefficient (Wildman–Crippen LogP) is 3.28. The van der Waals surface area contributed by atoms with Crippen LogP contribution in [0.5, 0.6) is 0 Å². The second-order valence-corrected chi connectivity index (χ2v) is 9.05. The average Bonchev–Trinajstić information content (AvgIpc) is 2.72. The fourth-order valence-electron chi connectivity index (χ4n) is 3.50. The number of hydrogen-bond acceptors (Lipinski definition) is 6. The van der Waals surface area contributed by atoms with Crippen LogP contribution >= 0.6 is 11.6 Å². The van der Waals surface area contributed by atoms with Gasteiger partial charge in [0.05, 0.1) is 27.7 Å². The molecule has 0 unspecified atom stereocenters. The minimum Gasteiger partial charge on any atom is -0.367 e. The zero-order chi connectivity index (χ0) is 22.4. The molecule has 2 heterocycles. The summed E-state index contributed by atoms with van der Waals surface area (Å²) in [6, 6.07) is 7.99. The molecule has 0 amide bonds. The summed E-state index contributed by atoms with van der Waals surface area (Å²) in [7, 11) is -4.25. The first-order valence-electron chi connectivity index (χ1n) is 9.18. The molecule has 2 N–H and O–H groups in total. The highest BCUT2D eigenvalue weighted by molar-refractivity contribution is 7.89. The smallest absolute Gasteiger partial charge is 0.367 e. The maximum atomic E-state index is 13.6. The molecule has 1 aliphatic rings. The van der Waals surface area contributed by atoms with Gasteiger partial charge in [0.2, 0.25) is 10.0 Å². The van der Waals surface area contributed by atoms with E-state index < -0.39 is 26.7 Å². The van der Waals surface area contributed by atoms with Gasteiger partial charge in [-0.3, -0.25) is 4.98 Å². The molecule has 1 aromatic heterocycles. The zero-order valence-corrected chi connectivity index (χ0v) is 17.5. The minimum atomic E-state index is -4.72. The van der Waals surface area contributed by atoms with Crippen LogP contribution in [0, 0.1) is 0 Å². The van der Waals surface area contributed by atoms with Gasteiger partial charge in [0.15, 0.2) is 0 Å². The van der Waals surface area contributed by atoms with Crippen LogP contribution in [0.3, 0.4) is 0 Å². The van der Waals surface area contributed by atoms with Crippen LogP contribution < -0.4 is 14.9 Å². The first-order valence-corrected chi connectivity index (χ1v) is 11.1. The van der Waals surface area contributed by atoms with Gasteiger partial charge in [-0.2, -0.15) is 13.2 Å². The monoisotopic (exact) mass is 471 g/mol. The van der Waals surface area contributed by atoms with E-state index in [4.69, 9.17) is 16.7 Å². The van der Waals surface area contributed by atoms with Crippen LogP contribution in [-0.2, 0) is 16.2 Å². The van der Waals surface area contributed by atoms with Crippen LogP contribution in [-0.4, -0.2) is 44.6 Å². The van der Waals surface area contributed by atoms with E-state index in [1.807, 2.05) is 4.90 Å². The quantitative estimate of drug-likeness (QED) is 0.630. The Morgan fingerprint density at radius 2 is 1.65 bits per heavy atom. The van der Waals surface area contributed by atoms with Gasteiger partial charge in [-0.25, -0.2) is 18.5 Å². The largest absolute Gasteiger partial charge is 0.418 e. The molecular weight excluding hydrogens is 455 g/mol. The highest BCUT2D eigenvalue weighted by atomic mass is 35.5. The molecule has 1 fully saturated rings. The van der Waals surface area contributed by atoms with E-state index in [9.17, 15) is 21.6 Å². The summed E-state index contributed by atoms with van der Waals surface area (Å²) in [6.07, 6.45) is -3.12. The third kappa shape index (κ3) is 4.53. The van der Waals surface area contributed by atoms with Crippen molar-refractivity contribution in [2.24, 2.45) is 5.14 Å². The summed E-state index contributed by atoms with van der Waals surface area (Å²) >= 11 is 5.96. The summed E-state index contributed by atoms with van der Waals surface area (Å²) in [5.41, 5.74) is 0.204. The van der Waals surface area contributed by atoms with Crippen molar-refractivity contribution in [3.05, 3.63) is 53.2 Å². The molecule has 3 aromatic rings. The maximum absolute atomic E-state index is 13.6. The molecule has 0 bridgehead atoms. The van der Waals surface area contributed by atoms with Gasteiger partial charge in [-0.1, -0.05) is 11.6 Å². The van der Waals surface area contributed by atoms with E-state index in [1.165, 1.54) is 0 Å². The summed E-state index contributed by atoms with van der Waals surface area (Å²) in [4.78, 5) is 11.8. The number of rotatable bonds is 3. The number of benzene rings is 2. The molecule has 1 aliphatic heterocycles. The van der Waals surface area contributed by atoms with Crippen molar-refractivity contribution in [3.8, 4) is 0 Å². The van der Waals surface area contributed by atoms with E-state index in [-0.39, 0.29) is 18.8 Å². The third-order valence-electron chi connectivity index (χ3n) is 5.04. The van der Waals surface area contributed by atoms with E-state index in [2.05, 4.69) is 9.97 Å². The van der Waals surface area contributed by atoms with Crippen molar-refractivity contribution in [2.75, 3.05) is 36.0 Å². The van der Waals surface area contributed by atoms with E-state index in [1.54, 1.807) is 29.3 Å². The molecule has 7 nitrogen and oxygen atoms in total. The molecule has 1 saturated heterocycles. The van der Waals surface area contributed by atoms with Gasteiger partial charge in [0.25, 0.3) is 0 Å². The number of hydrogen-bond donors (Lipinski definition) is 1. The lowest BCUT2D eigenvalue weighted by molar-refractivity contribution is -0.137. The molecular formula is C19H17ClF3N5O2S. The standard InChI is InChI=1S/C19H17ClF3N5O2S/c20-12-1-3-15-16(9-12)25-11-18(26-15)28-7-5-27(6-8-28)17-4-2-13(31(24,29)30)10-14(17)19(21,22)23/h1-4,9-11H,5-8H2,(H2,24,29,30). The van der Waals surface area contributed by atoms with Crippen molar-refractivity contribution in [1.29, 1.82) is 0 Å². The number of nitrogens with two attached hydrogens (primary N) is 1. The van der Waals surface area contributed by atoms with E-state index in [0.717, 1.165) is 12.1 Å². The minimum absolute atomic E-state index is 0.0845. The number of alkyl halides is 3. The van der Waals surface area contributed by atoms with Crippen molar-refractivity contribution in [2.45, 2.75) is 11.1 Å². The Hall–Kier alpha value is -2.63. The number of halogens is 4. The molecule has 0 aliphatic carbocycles. The molecule has 2 aromatic carbocycles. The van der Waals surface area contributed by atoms with Gasteiger partial charge in [-0.05, 0) is 36.4 Å². The topological polar surface area (TPSA) is 92.4 Å². The second-order valence-electron chi connectivity index (χ2n) is 7.06. The van der Waals surface area contributed by atoms with Gasteiger partial charge < -0.3 is 9.80 Å². The van der Waals surface area contributed by atoms with Crippen LogP contribution in [0.15, 0.2) is 47.5 Å². The van der Waals surface area contributed by atoms with Crippen molar-refractivity contribution < 1.29 is 21.6 Å². The Morgan fingerprint density at radius 3 is 2.29 bits per heavy atom. The number of aromatic nitrogens is 2. The van der Waals surface area contributed by atoms with Crippen molar-refractivity contribution >= 4 is 44.2 Å². The first kappa shape index (κ1) is 21.6. The van der Waals surface area contributed by atoms with Crippen LogP contribution in [0.4, 0.5) is 24.7 Å². The van der Waals surface area contributed by atoms with Crippen molar-refractivity contribution in [1.82, 2.24) is 9.97 Å². The molecule has 31 heavy (non-hydrogen) atoms. The molecule has 164 valence electrons. The Bertz CT molecular complexity index is 1250. The highest BCUT2D eigenvalue weighted by Gasteiger charge is 2.36. The molecule has 0 atom stereocenters. The lowest BCUT2D eigenvalue weighted by atomic mass is 10.1. The van der Waals surface area contributed by atoms with Gasteiger partial charge in [-0.15, -0.1) is 0 Å². The van der Waals surface area contributed by atoms with Crippen LogP contribution in [0.25, 0.3) is 11.0 Å².